The molecule has 1 heterocycles. The van der Waals surface area contributed by atoms with Gasteiger partial charge in [-0.15, -0.1) is 0 Å². The van der Waals surface area contributed by atoms with Crippen molar-refractivity contribution in [3.63, 3.8) is 0 Å². The highest BCUT2D eigenvalue weighted by molar-refractivity contribution is 5.86. The molecule has 1 saturated heterocycles. The van der Waals surface area contributed by atoms with Crippen LogP contribution in [0.3, 0.4) is 0 Å². The fourth-order valence-electron chi connectivity index (χ4n) is 6.30. The van der Waals surface area contributed by atoms with Crippen LogP contribution in [0.4, 0.5) is 0 Å². The Bertz CT molecular complexity index is 483. The number of nitrogens with zero attached hydrogens (tertiary/aromatic N) is 2. The summed E-state index contributed by atoms with van der Waals surface area (Å²) in [7, 11) is 1.65. The van der Waals surface area contributed by atoms with Gasteiger partial charge in [-0.1, -0.05) is 0 Å². The zero-order valence-electron chi connectivity index (χ0n) is 14.8. The molecule has 4 bridgehead atoms. The lowest BCUT2D eigenvalue weighted by Gasteiger charge is -2.57. The third-order valence-electron chi connectivity index (χ3n) is 6.93. The highest BCUT2D eigenvalue weighted by atomic mass is 16.5. The summed E-state index contributed by atoms with van der Waals surface area (Å²) in [5.41, 5.74) is 0.266. The second kappa shape index (κ2) is 6.32. The van der Waals surface area contributed by atoms with Gasteiger partial charge in [-0.2, -0.15) is 0 Å². The lowest BCUT2D eigenvalue weighted by Crippen LogP contribution is -2.54. The third-order valence-corrected chi connectivity index (χ3v) is 6.93. The second-order valence-electron chi connectivity index (χ2n) is 8.78. The molecule has 4 aliphatic carbocycles. The van der Waals surface area contributed by atoms with Crippen LogP contribution in [0.25, 0.3) is 0 Å². The molecule has 0 unspecified atom stereocenters. The highest BCUT2D eigenvalue weighted by Crippen LogP contribution is 2.61. The topological polar surface area (TPSA) is 49.9 Å². The number of carbonyl (C=O) groups excluding carboxylic acids is 2. The van der Waals surface area contributed by atoms with Crippen LogP contribution in [0.15, 0.2) is 0 Å². The first-order valence-corrected chi connectivity index (χ1v) is 9.61. The number of rotatable bonds is 5. The predicted molar refractivity (Wildman–Crippen MR) is 90.3 cm³/mol. The fraction of sp³-hybridized carbons (Fsp3) is 0.895. The number of ether oxygens (including phenoxy) is 1. The fourth-order valence-corrected chi connectivity index (χ4v) is 6.30. The van der Waals surface area contributed by atoms with Gasteiger partial charge in [-0.25, -0.2) is 0 Å². The quantitative estimate of drug-likeness (QED) is 0.772. The predicted octanol–water partition coefficient (Wildman–Crippen LogP) is 1.91. The molecule has 1 aliphatic heterocycles. The Morgan fingerprint density at radius 2 is 1.75 bits per heavy atom. The Hall–Kier alpha value is -1.10. The summed E-state index contributed by atoms with van der Waals surface area (Å²) >= 11 is 0. The van der Waals surface area contributed by atoms with Crippen LogP contribution < -0.4 is 0 Å². The Balaban J connectivity index is 1.35. The monoisotopic (exact) mass is 334 g/mol. The molecule has 24 heavy (non-hydrogen) atoms. The minimum absolute atomic E-state index is 0.0668. The number of piperazine rings is 1. The Kier molecular flexibility index (Phi) is 4.31. The first-order chi connectivity index (χ1) is 11.6. The second-order valence-corrected chi connectivity index (χ2v) is 8.78. The molecule has 0 aromatic rings. The van der Waals surface area contributed by atoms with Crippen LogP contribution >= 0.6 is 0 Å². The third kappa shape index (κ3) is 3.07. The van der Waals surface area contributed by atoms with Gasteiger partial charge < -0.3 is 14.5 Å². The molecule has 0 spiro atoms. The number of carbonyl (C=O) groups is 2. The van der Waals surface area contributed by atoms with Crippen molar-refractivity contribution in [1.29, 1.82) is 0 Å². The van der Waals surface area contributed by atoms with E-state index in [1.165, 1.54) is 38.5 Å². The van der Waals surface area contributed by atoms with Crippen molar-refractivity contribution in [3.8, 4) is 0 Å². The Labute approximate surface area is 144 Å². The summed E-state index contributed by atoms with van der Waals surface area (Å²) in [6.07, 6.45) is 8.67. The van der Waals surface area contributed by atoms with Crippen LogP contribution in [-0.2, 0) is 14.3 Å². The first-order valence-electron chi connectivity index (χ1n) is 9.61. The van der Waals surface area contributed by atoms with Crippen molar-refractivity contribution in [2.75, 3.05) is 39.9 Å². The molecule has 5 fully saturated rings. The summed E-state index contributed by atoms with van der Waals surface area (Å²) in [6.45, 7) is 2.78. The van der Waals surface area contributed by atoms with Crippen molar-refractivity contribution < 1.29 is 14.3 Å². The largest absolute Gasteiger partial charge is 0.383 e. The van der Waals surface area contributed by atoms with E-state index in [0.717, 1.165) is 17.8 Å². The molecule has 0 N–H and O–H groups in total. The van der Waals surface area contributed by atoms with E-state index in [9.17, 15) is 9.59 Å². The van der Waals surface area contributed by atoms with Crippen LogP contribution in [-0.4, -0.2) is 61.5 Å². The number of hydrogen-bond donors (Lipinski definition) is 0. The van der Waals surface area contributed by atoms with Gasteiger partial charge >= 0.3 is 0 Å². The van der Waals surface area contributed by atoms with Gasteiger partial charge in [0, 0.05) is 33.2 Å². The molecule has 134 valence electrons. The Morgan fingerprint density at radius 1 is 1.12 bits per heavy atom. The van der Waals surface area contributed by atoms with E-state index in [0.29, 0.717) is 32.7 Å². The van der Waals surface area contributed by atoms with Crippen molar-refractivity contribution in [3.05, 3.63) is 0 Å². The minimum atomic E-state index is 0.0668. The molecular weight excluding hydrogens is 304 g/mol. The van der Waals surface area contributed by atoms with Crippen molar-refractivity contribution in [1.82, 2.24) is 9.80 Å². The van der Waals surface area contributed by atoms with E-state index in [1.54, 1.807) is 7.11 Å². The molecule has 5 rings (SSSR count). The average Bonchev–Trinajstić information content (AvgIpc) is 2.52. The van der Waals surface area contributed by atoms with E-state index in [4.69, 9.17) is 4.74 Å². The van der Waals surface area contributed by atoms with Crippen LogP contribution in [0.1, 0.15) is 44.9 Å². The number of hydrogen-bond acceptors (Lipinski definition) is 3. The molecule has 0 aromatic carbocycles. The minimum Gasteiger partial charge on any atom is -0.383 e. The molecule has 5 heteroatoms. The smallest absolute Gasteiger partial charge is 0.242 e. The standard InChI is InChI=1S/C19H30N2O3/c1-24-5-4-20-2-3-21(13-18(20)23)17(22)12-19-9-14-6-15(10-19)8-16(7-14)11-19/h14-16H,2-13H2,1H3. The van der Waals surface area contributed by atoms with Gasteiger partial charge in [0.2, 0.25) is 11.8 Å². The van der Waals surface area contributed by atoms with Crippen molar-refractivity contribution in [2.45, 2.75) is 44.9 Å². The molecule has 0 atom stereocenters. The molecule has 0 radical (unpaired) electrons. The van der Waals surface area contributed by atoms with Gasteiger partial charge in [-0.05, 0) is 61.7 Å². The number of amides is 2. The van der Waals surface area contributed by atoms with Gasteiger partial charge in [0.25, 0.3) is 0 Å². The maximum Gasteiger partial charge on any atom is 0.242 e. The first kappa shape index (κ1) is 16.4. The van der Waals surface area contributed by atoms with E-state index in [1.807, 2.05) is 9.80 Å². The highest BCUT2D eigenvalue weighted by Gasteiger charge is 2.51. The zero-order valence-corrected chi connectivity index (χ0v) is 14.8. The van der Waals surface area contributed by atoms with Crippen molar-refractivity contribution >= 4 is 11.8 Å². The van der Waals surface area contributed by atoms with Gasteiger partial charge in [-0.3, -0.25) is 9.59 Å². The molecule has 4 saturated carbocycles. The Morgan fingerprint density at radius 3 is 2.29 bits per heavy atom. The SMILES string of the molecule is COCCN1CCN(C(=O)CC23CC4CC(CC(C4)C2)C3)CC1=O. The van der Waals surface area contributed by atoms with Crippen LogP contribution in [0.5, 0.6) is 0 Å². The zero-order chi connectivity index (χ0) is 16.7. The maximum atomic E-state index is 12.9. The van der Waals surface area contributed by atoms with E-state index < -0.39 is 0 Å². The summed E-state index contributed by atoms with van der Waals surface area (Å²) in [5, 5.41) is 0. The molecule has 0 aromatic heterocycles. The molecule has 2 amide bonds. The molecular formula is C19H30N2O3. The summed E-state index contributed by atoms with van der Waals surface area (Å²) in [4.78, 5) is 28.8. The lowest BCUT2D eigenvalue weighted by molar-refractivity contribution is -0.150. The van der Waals surface area contributed by atoms with Crippen LogP contribution in [0, 0.1) is 23.2 Å². The molecule has 5 aliphatic rings. The summed E-state index contributed by atoms with van der Waals surface area (Å²) in [6, 6.07) is 0. The van der Waals surface area contributed by atoms with Gasteiger partial charge in [0.05, 0.1) is 13.2 Å². The normalized spacial score (nSPS) is 38.0. The maximum absolute atomic E-state index is 12.9. The van der Waals surface area contributed by atoms with E-state index in [-0.39, 0.29) is 23.8 Å². The lowest BCUT2D eigenvalue weighted by atomic mass is 9.49. The van der Waals surface area contributed by atoms with Gasteiger partial charge in [0.15, 0.2) is 0 Å². The summed E-state index contributed by atoms with van der Waals surface area (Å²) < 4.78 is 5.05. The van der Waals surface area contributed by atoms with E-state index in [2.05, 4.69) is 0 Å². The van der Waals surface area contributed by atoms with Crippen molar-refractivity contribution in [2.24, 2.45) is 23.2 Å². The molecule has 5 nitrogen and oxygen atoms in total. The van der Waals surface area contributed by atoms with Gasteiger partial charge in [0.1, 0.15) is 0 Å². The van der Waals surface area contributed by atoms with E-state index >= 15 is 0 Å². The average molecular weight is 334 g/mol. The number of methoxy groups -OCH3 is 1. The van der Waals surface area contributed by atoms with Crippen LogP contribution in [0.2, 0.25) is 0 Å². The summed E-state index contributed by atoms with van der Waals surface area (Å²) in [5.74, 6) is 2.90.